The number of hydrogen-bond acceptors (Lipinski definition) is 1. The van der Waals surface area contributed by atoms with Crippen LogP contribution in [0.1, 0.15) is 0 Å². The molecule has 0 radical (unpaired) electrons. The summed E-state index contributed by atoms with van der Waals surface area (Å²) >= 11 is 0. The standard InChI is InChI=1S/C64H44N2/c1-4-16-45(17-5-1)46-32-34-47(35-33-46)48-36-40-54(41-37-48)65(55-42-38-51(39-43-55)58-27-13-21-49-20-10-11-26-57(49)58)56-25-12-22-52(44-56)60-29-15-31-62-64(60)63-59(50-18-6-2-7-19-50)28-14-30-61(63)66(62)53-23-8-3-9-24-53/h1-44H. The smallest absolute Gasteiger partial charge is 0.0547 e. The molecule has 2 nitrogen and oxygen atoms in total. The molecule has 66 heavy (non-hydrogen) atoms. The second-order valence-corrected chi connectivity index (χ2v) is 16.9. The predicted molar refractivity (Wildman–Crippen MR) is 280 cm³/mol. The highest BCUT2D eigenvalue weighted by Crippen LogP contribution is 2.45. The first-order valence-electron chi connectivity index (χ1n) is 22.7. The van der Waals surface area contributed by atoms with Gasteiger partial charge in [-0.05, 0) is 127 Å². The average molecular weight is 841 g/mol. The number of aromatic nitrogens is 1. The molecule has 310 valence electrons. The van der Waals surface area contributed by atoms with Gasteiger partial charge in [-0.2, -0.15) is 0 Å². The topological polar surface area (TPSA) is 8.17 Å². The number of para-hydroxylation sites is 1. The minimum atomic E-state index is 1.08. The normalized spacial score (nSPS) is 11.3. The van der Waals surface area contributed by atoms with E-state index in [9.17, 15) is 0 Å². The van der Waals surface area contributed by atoms with Gasteiger partial charge in [0.25, 0.3) is 0 Å². The molecule has 0 saturated carbocycles. The summed E-state index contributed by atoms with van der Waals surface area (Å²) in [6, 6.07) is 96.8. The fraction of sp³-hybridized carbons (Fsp3) is 0. The van der Waals surface area contributed by atoms with E-state index in [1.807, 2.05) is 0 Å². The molecule has 11 aromatic carbocycles. The van der Waals surface area contributed by atoms with Crippen LogP contribution in [0.5, 0.6) is 0 Å². The molecule has 12 aromatic rings. The zero-order valence-electron chi connectivity index (χ0n) is 36.3. The first-order valence-corrected chi connectivity index (χ1v) is 22.7. The molecule has 0 fully saturated rings. The second kappa shape index (κ2) is 16.8. The first kappa shape index (κ1) is 38.9. The third-order valence-corrected chi connectivity index (χ3v) is 13.0. The van der Waals surface area contributed by atoms with Crippen LogP contribution in [-0.4, -0.2) is 4.57 Å². The Hall–Kier alpha value is -8.72. The zero-order chi connectivity index (χ0) is 43.8. The number of nitrogens with zero attached hydrogens (tertiary/aromatic N) is 2. The van der Waals surface area contributed by atoms with Crippen LogP contribution in [-0.2, 0) is 0 Å². The van der Waals surface area contributed by atoms with Crippen LogP contribution in [0.25, 0.3) is 93.9 Å². The fourth-order valence-electron chi connectivity index (χ4n) is 9.88. The van der Waals surface area contributed by atoms with Crippen molar-refractivity contribution in [2.24, 2.45) is 0 Å². The number of hydrogen-bond donors (Lipinski definition) is 0. The Morgan fingerprint density at radius 1 is 0.258 bits per heavy atom. The predicted octanol–water partition coefficient (Wildman–Crippen LogP) is 17.7. The molecule has 0 bridgehead atoms. The van der Waals surface area contributed by atoms with E-state index in [1.165, 1.54) is 82.6 Å². The van der Waals surface area contributed by atoms with Gasteiger partial charge in [0, 0.05) is 33.5 Å². The van der Waals surface area contributed by atoms with Gasteiger partial charge in [-0.25, -0.2) is 0 Å². The van der Waals surface area contributed by atoms with Gasteiger partial charge < -0.3 is 9.47 Å². The summed E-state index contributed by atoms with van der Waals surface area (Å²) in [4.78, 5) is 2.39. The lowest BCUT2D eigenvalue weighted by atomic mass is 9.94. The Morgan fingerprint density at radius 3 is 1.29 bits per heavy atom. The van der Waals surface area contributed by atoms with Crippen molar-refractivity contribution in [3.05, 3.63) is 267 Å². The first-order chi connectivity index (χ1) is 32.7. The second-order valence-electron chi connectivity index (χ2n) is 16.9. The zero-order valence-corrected chi connectivity index (χ0v) is 36.3. The lowest BCUT2D eigenvalue weighted by Gasteiger charge is -2.26. The maximum absolute atomic E-state index is 2.42. The van der Waals surface area contributed by atoms with Crippen LogP contribution in [0.3, 0.4) is 0 Å². The van der Waals surface area contributed by atoms with Gasteiger partial charge >= 0.3 is 0 Å². The molecule has 0 spiro atoms. The average Bonchev–Trinajstić information content (AvgIpc) is 3.75. The van der Waals surface area contributed by atoms with Crippen LogP contribution in [0.2, 0.25) is 0 Å². The van der Waals surface area contributed by atoms with Crippen molar-refractivity contribution in [3.8, 4) is 61.3 Å². The van der Waals surface area contributed by atoms with Gasteiger partial charge in [0.15, 0.2) is 0 Å². The lowest BCUT2D eigenvalue weighted by Crippen LogP contribution is -2.10. The van der Waals surface area contributed by atoms with Crippen molar-refractivity contribution in [2.45, 2.75) is 0 Å². The van der Waals surface area contributed by atoms with E-state index >= 15 is 0 Å². The van der Waals surface area contributed by atoms with Crippen molar-refractivity contribution >= 4 is 49.6 Å². The summed E-state index contributed by atoms with van der Waals surface area (Å²) in [5.74, 6) is 0. The molecular weight excluding hydrogens is 797 g/mol. The Labute approximate surface area is 385 Å². The highest BCUT2D eigenvalue weighted by molar-refractivity contribution is 6.20. The van der Waals surface area contributed by atoms with Gasteiger partial charge in [-0.1, -0.05) is 206 Å². The van der Waals surface area contributed by atoms with Crippen molar-refractivity contribution in [1.29, 1.82) is 0 Å². The van der Waals surface area contributed by atoms with Crippen LogP contribution < -0.4 is 4.90 Å². The minimum absolute atomic E-state index is 1.08. The van der Waals surface area contributed by atoms with Crippen LogP contribution in [0.4, 0.5) is 17.1 Å². The summed E-state index contributed by atoms with van der Waals surface area (Å²) in [6.45, 7) is 0. The summed E-state index contributed by atoms with van der Waals surface area (Å²) < 4.78 is 2.42. The van der Waals surface area contributed by atoms with E-state index in [4.69, 9.17) is 0 Å². The van der Waals surface area contributed by atoms with Crippen molar-refractivity contribution < 1.29 is 0 Å². The van der Waals surface area contributed by atoms with E-state index < -0.39 is 0 Å². The molecule has 0 amide bonds. The fourth-order valence-corrected chi connectivity index (χ4v) is 9.88. The third-order valence-electron chi connectivity index (χ3n) is 13.0. The number of rotatable bonds is 9. The van der Waals surface area contributed by atoms with E-state index in [1.54, 1.807) is 0 Å². The maximum atomic E-state index is 2.42. The Morgan fingerprint density at radius 2 is 0.667 bits per heavy atom. The van der Waals surface area contributed by atoms with Crippen molar-refractivity contribution in [1.82, 2.24) is 4.57 Å². The minimum Gasteiger partial charge on any atom is -0.310 e. The summed E-state index contributed by atoms with van der Waals surface area (Å²) in [5, 5.41) is 4.98. The summed E-state index contributed by atoms with van der Waals surface area (Å²) in [7, 11) is 0. The Kier molecular flexibility index (Phi) is 9.89. The number of anilines is 3. The SMILES string of the molecule is c1ccc(-c2ccc(-c3ccc(N(c4ccc(-c5cccc6ccccc56)cc4)c4cccc(-c5cccc6c5c5c(-c7ccccc7)cccc5n6-c5ccccc5)c4)cc3)cc2)cc1. The largest absolute Gasteiger partial charge is 0.310 e. The van der Waals surface area contributed by atoms with Gasteiger partial charge in [-0.3, -0.25) is 0 Å². The third kappa shape index (κ3) is 7.02. The number of benzene rings is 11. The Balaban J connectivity index is 1.00. The van der Waals surface area contributed by atoms with Gasteiger partial charge in [0.2, 0.25) is 0 Å². The molecule has 0 N–H and O–H groups in total. The maximum Gasteiger partial charge on any atom is 0.0547 e. The molecule has 0 aliphatic carbocycles. The van der Waals surface area contributed by atoms with Crippen LogP contribution in [0, 0.1) is 0 Å². The van der Waals surface area contributed by atoms with E-state index in [2.05, 4.69) is 276 Å². The lowest BCUT2D eigenvalue weighted by molar-refractivity contribution is 1.18. The quantitative estimate of drug-likeness (QED) is 0.141. The summed E-state index contributed by atoms with van der Waals surface area (Å²) in [5.41, 5.74) is 18.7. The van der Waals surface area contributed by atoms with Crippen LogP contribution in [0.15, 0.2) is 267 Å². The highest BCUT2D eigenvalue weighted by atomic mass is 15.1. The van der Waals surface area contributed by atoms with Crippen LogP contribution >= 0.6 is 0 Å². The molecule has 0 unspecified atom stereocenters. The van der Waals surface area contributed by atoms with Gasteiger partial charge in [-0.15, -0.1) is 0 Å². The molecular formula is C64H44N2. The molecule has 1 heterocycles. The van der Waals surface area contributed by atoms with E-state index in [0.29, 0.717) is 0 Å². The van der Waals surface area contributed by atoms with Gasteiger partial charge in [0.1, 0.15) is 0 Å². The van der Waals surface area contributed by atoms with E-state index in [-0.39, 0.29) is 0 Å². The molecule has 0 atom stereocenters. The molecule has 0 aliphatic heterocycles. The monoisotopic (exact) mass is 840 g/mol. The van der Waals surface area contributed by atoms with Crippen molar-refractivity contribution in [3.63, 3.8) is 0 Å². The molecule has 12 rings (SSSR count). The number of fused-ring (bicyclic) bond motifs is 4. The summed E-state index contributed by atoms with van der Waals surface area (Å²) in [6.07, 6.45) is 0. The molecule has 1 aromatic heterocycles. The molecule has 0 aliphatic rings. The highest BCUT2D eigenvalue weighted by Gasteiger charge is 2.21. The van der Waals surface area contributed by atoms with Gasteiger partial charge in [0.05, 0.1) is 11.0 Å². The molecule has 2 heteroatoms. The molecule has 0 saturated heterocycles. The van der Waals surface area contributed by atoms with Crippen molar-refractivity contribution in [2.75, 3.05) is 4.90 Å². The van der Waals surface area contributed by atoms with E-state index in [0.717, 1.165) is 28.3 Å². The Bertz CT molecular complexity index is 3640.